The molecule has 3 aromatic carbocycles. The molecule has 36 heavy (non-hydrogen) atoms. The number of halogens is 1. The lowest BCUT2D eigenvalue weighted by atomic mass is 9.96. The number of carbonyl (C=O) groups excluding carboxylic acids is 1. The average molecular weight is 502 g/mol. The first-order valence-electron chi connectivity index (χ1n) is 11.5. The van der Waals surface area contributed by atoms with Gasteiger partial charge in [0, 0.05) is 12.3 Å². The second kappa shape index (κ2) is 10.7. The second-order valence-corrected chi connectivity index (χ2v) is 8.69. The van der Waals surface area contributed by atoms with Crippen molar-refractivity contribution in [2.45, 2.75) is 20.1 Å². The van der Waals surface area contributed by atoms with Crippen molar-refractivity contribution in [3.8, 4) is 34.1 Å². The van der Waals surface area contributed by atoms with Crippen LogP contribution in [0.4, 0.5) is 0 Å². The molecule has 0 spiro atoms. The number of carbonyl (C=O) groups is 1. The summed E-state index contributed by atoms with van der Waals surface area (Å²) in [7, 11) is 0. The smallest absolute Gasteiger partial charge is 0.161 e. The first kappa shape index (κ1) is 23.7. The van der Waals surface area contributed by atoms with Crippen molar-refractivity contribution in [2.24, 2.45) is 0 Å². The van der Waals surface area contributed by atoms with Crippen molar-refractivity contribution in [3.63, 3.8) is 0 Å². The summed E-state index contributed by atoms with van der Waals surface area (Å²) >= 11 is 6.42. The Labute approximate surface area is 214 Å². The zero-order valence-corrected chi connectivity index (χ0v) is 20.5. The van der Waals surface area contributed by atoms with E-state index in [1.54, 1.807) is 18.3 Å². The molecule has 0 N–H and O–H groups in total. The number of fused-ring (bicyclic) bond motifs is 1. The maximum atomic E-state index is 11.6. The molecule has 0 aliphatic carbocycles. The van der Waals surface area contributed by atoms with Crippen LogP contribution < -0.4 is 18.9 Å². The lowest BCUT2D eigenvalue weighted by Crippen LogP contribution is -2.15. The number of hydrogen-bond acceptors (Lipinski definition) is 6. The zero-order chi connectivity index (χ0) is 24.9. The van der Waals surface area contributed by atoms with Crippen molar-refractivity contribution in [3.05, 3.63) is 100 Å². The van der Waals surface area contributed by atoms with E-state index in [0.717, 1.165) is 39.4 Å². The predicted molar refractivity (Wildman–Crippen MR) is 137 cm³/mol. The Kier molecular flexibility index (Phi) is 7.05. The van der Waals surface area contributed by atoms with E-state index in [-0.39, 0.29) is 6.61 Å². The van der Waals surface area contributed by atoms with Gasteiger partial charge in [0.05, 0.1) is 16.3 Å². The van der Waals surface area contributed by atoms with Crippen LogP contribution in [0.3, 0.4) is 0 Å². The fourth-order valence-electron chi connectivity index (χ4n) is 4.03. The van der Waals surface area contributed by atoms with Crippen LogP contribution in [-0.4, -0.2) is 24.5 Å². The average Bonchev–Trinajstić information content (AvgIpc) is 2.92. The summed E-state index contributed by atoms with van der Waals surface area (Å²) in [5.74, 6) is 2.33. The number of benzene rings is 3. The highest BCUT2D eigenvalue weighted by molar-refractivity contribution is 6.32. The van der Waals surface area contributed by atoms with Gasteiger partial charge in [0.2, 0.25) is 0 Å². The number of hydrogen-bond donors (Lipinski definition) is 0. The van der Waals surface area contributed by atoms with Gasteiger partial charge in [-0.05, 0) is 59.5 Å². The number of rotatable bonds is 8. The van der Waals surface area contributed by atoms with Gasteiger partial charge in [-0.3, -0.25) is 9.78 Å². The van der Waals surface area contributed by atoms with Crippen LogP contribution in [0.15, 0.2) is 72.9 Å². The second-order valence-electron chi connectivity index (χ2n) is 8.28. The molecule has 7 heteroatoms. The highest BCUT2D eigenvalue weighted by Crippen LogP contribution is 2.37. The summed E-state index contributed by atoms with van der Waals surface area (Å²) in [6, 6.07) is 20.8. The highest BCUT2D eigenvalue weighted by atomic mass is 35.5. The molecule has 0 radical (unpaired) electrons. The molecule has 0 bridgehead atoms. The van der Waals surface area contributed by atoms with Crippen LogP contribution in [0.2, 0.25) is 5.02 Å². The third-order valence-corrected chi connectivity index (χ3v) is 6.27. The third-order valence-electron chi connectivity index (χ3n) is 5.98. The van der Waals surface area contributed by atoms with Gasteiger partial charge >= 0.3 is 0 Å². The number of aromatic nitrogens is 1. The standard InChI is InChI=1S/C29H24ClNO5/c1-19-21(5-4-7-24(19)20-8-9-26-29(14-20)34-12-11-33-26)17-35-28-15-27(22(16-32)13-25(28)30)36-18-23-6-2-3-10-31-23/h2-10,13-16H,11-12,17-18H2,1H3. The van der Waals surface area contributed by atoms with Crippen molar-refractivity contribution in [1.82, 2.24) is 4.98 Å². The molecule has 1 aromatic heterocycles. The predicted octanol–water partition coefficient (Wildman–Crippen LogP) is 6.45. The van der Waals surface area contributed by atoms with Crippen molar-refractivity contribution >= 4 is 17.9 Å². The van der Waals surface area contributed by atoms with E-state index in [4.69, 9.17) is 30.5 Å². The van der Waals surface area contributed by atoms with Crippen LogP contribution >= 0.6 is 11.6 Å². The minimum absolute atomic E-state index is 0.222. The highest BCUT2D eigenvalue weighted by Gasteiger charge is 2.16. The number of aldehydes is 1. The van der Waals surface area contributed by atoms with E-state index >= 15 is 0 Å². The van der Waals surface area contributed by atoms with E-state index in [0.29, 0.717) is 48.2 Å². The molecule has 0 saturated heterocycles. The summed E-state index contributed by atoms with van der Waals surface area (Å²) in [5, 5.41) is 0.336. The first-order valence-corrected chi connectivity index (χ1v) is 11.9. The van der Waals surface area contributed by atoms with Crippen LogP contribution in [0.5, 0.6) is 23.0 Å². The minimum atomic E-state index is 0.222. The Hall–Kier alpha value is -4.03. The zero-order valence-electron chi connectivity index (χ0n) is 19.7. The summed E-state index contributed by atoms with van der Waals surface area (Å²) in [4.78, 5) is 15.8. The topological polar surface area (TPSA) is 66.9 Å². The molecule has 0 unspecified atom stereocenters. The van der Waals surface area contributed by atoms with Gasteiger partial charge < -0.3 is 18.9 Å². The lowest BCUT2D eigenvalue weighted by Gasteiger charge is -2.20. The fourth-order valence-corrected chi connectivity index (χ4v) is 4.26. The molecule has 1 aliphatic heterocycles. The van der Waals surface area contributed by atoms with Crippen LogP contribution in [-0.2, 0) is 13.2 Å². The number of ether oxygens (including phenoxy) is 4. The van der Waals surface area contributed by atoms with Crippen LogP contribution in [0, 0.1) is 6.92 Å². The molecule has 4 aromatic rings. The number of nitrogens with zero attached hydrogens (tertiary/aromatic N) is 1. The fraction of sp³-hybridized carbons (Fsp3) is 0.172. The Morgan fingerprint density at radius 1 is 0.917 bits per heavy atom. The molecule has 182 valence electrons. The molecule has 0 atom stereocenters. The van der Waals surface area contributed by atoms with E-state index in [1.165, 1.54) is 0 Å². The number of pyridine rings is 1. The van der Waals surface area contributed by atoms with E-state index in [2.05, 4.69) is 18.0 Å². The minimum Gasteiger partial charge on any atom is -0.487 e. The molecule has 5 rings (SSSR count). The third kappa shape index (κ3) is 5.14. The largest absolute Gasteiger partial charge is 0.487 e. The van der Waals surface area contributed by atoms with Crippen molar-refractivity contribution in [1.29, 1.82) is 0 Å². The monoisotopic (exact) mass is 501 g/mol. The molecular formula is C29H24ClNO5. The molecule has 0 saturated carbocycles. The molecule has 1 aliphatic rings. The van der Waals surface area contributed by atoms with Crippen LogP contribution in [0.25, 0.3) is 11.1 Å². The molecule has 6 nitrogen and oxygen atoms in total. The molecule has 0 fully saturated rings. The summed E-state index contributed by atoms with van der Waals surface area (Å²) in [6.45, 7) is 3.68. The van der Waals surface area contributed by atoms with Crippen molar-refractivity contribution < 1.29 is 23.7 Å². The normalized spacial score (nSPS) is 12.2. The maximum Gasteiger partial charge on any atom is 0.161 e. The van der Waals surface area contributed by atoms with Crippen molar-refractivity contribution in [2.75, 3.05) is 13.2 Å². The van der Waals surface area contributed by atoms with Gasteiger partial charge in [0.1, 0.15) is 37.9 Å². The molecule has 2 heterocycles. The van der Waals surface area contributed by atoms with Gasteiger partial charge in [-0.1, -0.05) is 41.9 Å². The summed E-state index contributed by atoms with van der Waals surface area (Å²) in [6.07, 6.45) is 2.40. The Morgan fingerprint density at radius 3 is 2.56 bits per heavy atom. The molecule has 0 amide bonds. The lowest BCUT2D eigenvalue weighted by molar-refractivity contribution is 0.111. The van der Waals surface area contributed by atoms with Crippen LogP contribution in [0.1, 0.15) is 27.2 Å². The van der Waals surface area contributed by atoms with E-state index < -0.39 is 0 Å². The summed E-state index contributed by atoms with van der Waals surface area (Å²) < 4.78 is 23.3. The van der Waals surface area contributed by atoms with Gasteiger partial charge in [-0.2, -0.15) is 0 Å². The first-order chi connectivity index (χ1) is 17.6. The Balaban J connectivity index is 1.35. The molecular weight excluding hydrogens is 478 g/mol. The van der Waals surface area contributed by atoms with E-state index in [9.17, 15) is 4.79 Å². The van der Waals surface area contributed by atoms with Gasteiger partial charge in [-0.15, -0.1) is 0 Å². The summed E-state index contributed by atoms with van der Waals surface area (Å²) in [5.41, 5.74) is 5.31. The van der Waals surface area contributed by atoms with Gasteiger partial charge in [0.15, 0.2) is 17.8 Å². The van der Waals surface area contributed by atoms with Gasteiger partial charge in [-0.25, -0.2) is 0 Å². The quantitative estimate of drug-likeness (QED) is 0.258. The van der Waals surface area contributed by atoms with Gasteiger partial charge in [0.25, 0.3) is 0 Å². The maximum absolute atomic E-state index is 11.6. The Bertz CT molecular complexity index is 1390. The Morgan fingerprint density at radius 2 is 1.75 bits per heavy atom. The SMILES string of the molecule is Cc1c(COc2cc(OCc3ccccn3)c(C=O)cc2Cl)cccc1-c1ccc2c(c1)OCCO2. The van der Waals surface area contributed by atoms with E-state index in [1.807, 2.05) is 48.5 Å².